The van der Waals surface area contributed by atoms with Crippen molar-refractivity contribution in [3.8, 4) is 0 Å². The van der Waals surface area contributed by atoms with Crippen molar-refractivity contribution in [2.75, 3.05) is 7.11 Å². The van der Waals surface area contributed by atoms with E-state index in [0.29, 0.717) is 6.10 Å². The standard InChI is InChI=1S/C11H16O/c1-4-5-6-10-8-11(12-3)7-9(10)2/h4-6,11H,1,7-8H2,2-3H3/b6-5-. The molecular weight excluding hydrogens is 148 g/mol. The number of hydrogen-bond acceptors (Lipinski definition) is 1. The number of hydrogen-bond donors (Lipinski definition) is 0. The Labute approximate surface area is 74.4 Å². The largest absolute Gasteiger partial charge is 0.381 e. The van der Waals surface area contributed by atoms with Crippen LogP contribution in [0.5, 0.6) is 0 Å². The van der Waals surface area contributed by atoms with Gasteiger partial charge in [0.2, 0.25) is 0 Å². The van der Waals surface area contributed by atoms with Crippen molar-refractivity contribution in [1.29, 1.82) is 0 Å². The Morgan fingerprint density at radius 3 is 2.75 bits per heavy atom. The predicted molar refractivity (Wildman–Crippen MR) is 52.1 cm³/mol. The van der Waals surface area contributed by atoms with Crippen molar-refractivity contribution in [3.63, 3.8) is 0 Å². The maximum absolute atomic E-state index is 5.29. The molecule has 0 radical (unpaired) electrons. The van der Waals surface area contributed by atoms with Gasteiger partial charge in [-0.25, -0.2) is 0 Å². The Hall–Kier alpha value is -0.820. The van der Waals surface area contributed by atoms with Gasteiger partial charge < -0.3 is 4.74 Å². The number of allylic oxidation sites excluding steroid dienone is 3. The van der Waals surface area contributed by atoms with E-state index in [2.05, 4.69) is 19.6 Å². The van der Waals surface area contributed by atoms with Gasteiger partial charge in [0.25, 0.3) is 0 Å². The summed E-state index contributed by atoms with van der Waals surface area (Å²) in [7, 11) is 1.78. The molecular formula is C11H16O. The summed E-state index contributed by atoms with van der Waals surface area (Å²) in [5.41, 5.74) is 2.85. The zero-order chi connectivity index (χ0) is 8.97. The second-order valence-electron chi connectivity index (χ2n) is 3.17. The minimum absolute atomic E-state index is 0.398. The maximum Gasteiger partial charge on any atom is 0.0648 e. The van der Waals surface area contributed by atoms with Crippen LogP contribution in [0.1, 0.15) is 19.8 Å². The van der Waals surface area contributed by atoms with Gasteiger partial charge in [-0.2, -0.15) is 0 Å². The molecule has 1 aliphatic rings. The molecule has 0 saturated heterocycles. The van der Waals surface area contributed by atoms with E-state index in [-0.39, 0.29) is 0 Å². The Kier molecular flexibility index (Phi) is 3.30. The first kappa shape index (κ1) is 9.27. The summed E-state index contributed by atoms with van der Waals surface area (Å²) < 4.78 is 5.29. The van der Waals surface area contributed by atoms with Crippen LogP contribution in [0.3, 0.4) is 0 Å². The van der Waals surface area contributed by atoms with Crippen LogP contribution in [0.15, 0.2) is 36.0 Å². The van der Waals surface area contributed by atoms with Crippen LogP contribution in [0.25, 0.3) is 0 Å². The Bertz CT molecular complexity index is 223. The fraction of sp³-hybridized carbons (Fsp3) is 0.455. The molecule has 1 nitrogen and oxygen atoms in total. The molecule has 0 spiro atoms. The second-order valence-corrected chi connectivity index (χ2v) is 3.17. The molecule has 1 aliphatic carbocycles. The average molecular weight is 164 g/mol. The van der Waals surface area contributed by atoms with E-state index in [0.717, 1.165) is 12.8 Å². The summed E-state index contributed by atoms with van der Waals surface area (Å²) in [5.74, 6) is 0. The highest BCUT2D eigenvalue weighted by atomic mass is 16.5. The van der Waals surface area contributed by atoms with Crippen molar-refractivity contribution in [1.82, 2.24) is 0 Å². The fourth-order valence-corrected chi connectivity index (χ4v) is 1.53. The third-order valence-electron chi connectivity index (χ3n) is 2.30. The van der Waals surface area contributed by atoms with Gasteiger partial charge in [-0.3, -0.25) is 0 Å². The molecule has 0 aromatic rings. The normalized spacial score (nSPS) is 24.0. The Balaban J connectivity index is 2.59. The summed E-state index contributed by atoms with van der Waals surface area (Å²) in [6.07, 6.45) is 8.44. The quantitative estimate of drug-likeness (QED) is 0.583. The van der Waals surface area contributed by atoms with Gasteiger partial charge in [0, 0.05) is 7.11 Å². The van der Waals surface area contributed by atoms with Crippen LogP contribution in [0, 0.1) is 0 Å². The first-order chi connectivity index (χ1) is 5.77. The molecule has 0 N–H and O–H groups in total. The second kappa shape index (κ2) is 4.27. The van der Waals surface area contributed by atoms with Gasteiger partial charge in [0.1, 0.15) is 0 Å². The fourth-order valence-electron chi connectivity index (χ4n) is 1.53. The van der Waals surface area contributed by atoms with Crippen LogP contribution < -0.4 is 0 Å². The van der Waals surface area contributed by atoms with E-state index >= 15 is 0 Å². The average Bonchev–Trinajstić information content (AvgIpc) is 2.43. The molecule has 0 heterocycles. The molecule has 0 aromatic carbocycles. The van der Waals surface area contributed by atoms with Crippen LogP contribution in [-0.4, -0.2) is 13.2 Å². The highest BCUT2D eigenvalue weighted by Crippen LogP contribution is 2.28. The smallest absolute Gasteiger partial charge is 0.0648 e. The van der Waals surface area contributed by atoms with Crippen LogP contribution >= 0.6 is 0 Å². The molecule has 0 amide bonds. The lowest BCUT2D eigenvalue weighted by Crippen LogP contribution is -2.04. The molecule has 1 heteroatoms. The summed E-state index contributed by atoms with van der Waals surface area (Å²) in [4.78, 5) is 0. The lowest BCUT2D eigenvalue weighted by molar-refractivity contribution is 0.112. The van der Waals surface area contributed by atoms with Gasteiger partial charge in [0.05, 0.1) is 6.10 Å². The molecule has 1 unspecified atom stereocenters. The maximum atomic E-state index is 5.29. The van der Waals surface area contributed by atoms with Crippen LogP contribution in [0.2, 0.25) is 0 Å². The highest BCUT2D eigenvalue weighted by molar-refractivity contribution is 5.31. The van der Waals surface area contributed by atoms with Crippen LogP contribution in [0.4, 0.5) is 0 Å². The molecule has 12 heavy (non-hydrogen) atoms. The van der Waals surface area contributed by atoms with E-state index in [1.165, 1.54) is 11.1 Å². The minimum Gasteiger partial charge on any atom is -0.381 e. The van der Waals surface area contributed by atoms with E-state index in [9.17, 15) is 0 Å². The number of rotatable bonds is 3. The van der Waals surface area contributed by atoms with Crippen molar-refractivity contribution >= 4 is 0 Å². The molecule has 0 aliphatic heterocycles. The van der Waals surface area contributed by atoms with Gasteiger partial charge >= 0.3 is 0 Å². The molecule has 1 rings (SSSR count). The minimum atomic E-state index is 0.398. The van der Waals surface area contributed by atoms with Crippen molar-refractivity contribution in [3.05, 3.63) is 36.0 Å². The van der Waals surface area contributed by atoms with E-state index in [4.69, 9.17) is 4.74 Å². The summed E-state index contributed by atoms with van der Waals surface area (Å²) >= 11 is 0. The van der Waals surface area contributed by atoms with Gasteiger partial charge in [-0.15, -0.1) is 0 Å². The first-order valence-corrected chi connectivity index (χ1v) is 4.28. The zero-order valence-electron chi connectivity index (χ0n) is 7.84. The summed E-state index contributed by atoms with van der Waals surface area (Å²) in [6.45, 7) is 5.81. The third kappa shape index (κ3) is 2.08. The monoisotopic (exact) mass is 164 g/mol. The SMILES string of the molecule is C=C/C=C\C1=C(C)CC(OC)C1. The molecule has 1 atom stereocenters. The van der Waals surface area contributed by atoms with Crippen molar-refractivity contribution < 1.29 is 4.74 Å². The Morgan fingerprint density at radius 2 is 2.25 bits per heavy atom. The lowest BCUT2D eigenvalue weighted by atomic mass is 10.1. The van der Waals surface area contributed by atoms with E-state index in [1.54, 1.807) is 13.2 Å². The predicted octanol–water partition coefficient (Wildman–Crippen LogP) is 2.85. The van der Waals surface area contributed by atoms with Crippen molar-refractivity contribution in [2.45, 2.75) is 25.9 Å². The van der Waals surface area contributed by atoms with Gasteiger partial charge in [-0.1, -0.05) is 30.4 Å². The summed E-state index contributed by atoms with van der Waals surface area (Å²) in [6, 6.07) is 0. The first-order valence-electron chi connectivity index (χ1n) is 4.28. The topological polar surface area (TPSA) is 9.23 Å². The third-order valence-corrected chi connectivity index (χ3v) is 2.30. The molecule has 66 valence electrons. The highest BCUT2D eigenvalue weighted by Gasteiger charge is 2.18. The molecule has 0 fully saturated rings. The zero-order valence-corrected chi connectivity index (χ0v) is 7.84. The lowest BCUT2D eigenvalue weighted by Gasteiger charge is -2.05. The molecule has 0 saturated carbocycles. The van der Waals surface area contributed by atoms with Gasteiger partial charge in [0.15, 0.2) is 0 Å². The number of ether oxygens (including phenoxy) is 1. The summed E-state index contributed by atoms with van der Waals surface area (Å²) in [5, 5.41) is 0. The van der Waals surface area contributed by atoms with E-state index < -0.39 is 0 Å². The molecule has 0 aromatic heterocycles. The number of methoxy groups -OCH3 is 1. The van der Waals surface area contributed by atoms with Gasteiger partial charge in [-0.05, 0) is 25.3 Å². The van der Waals surface area contributed by atoms with E-state index in [1.807, 2.05) is 6.08 Å². The van der Waals surface area contributed by atoms with Crippen LogP contribution in [-0.2, 0) is 4.74 Å². The van der Waals surface area contributed by atoms with Crippen molar-refractivity contribution in [2.24, 2.45) is 0 Å². The molecule has 0 bridgehead atoms. The Morgan fingerprint density at radius 1 is 1.50 bits per heavy atom.